The minimum Gasteiger partial charge on any atom is -0.370 e. The smallest absolute Gasteiger partial charge is 0.118 e. The van der Waals surface area contributed by atoms with Crippen molar-refractivity contribution in [2.24, 2.45) is 0 Å². The first-order chi connectivity index (χ1) is 5.95. The lowest BCUT2D eigenvalue weighted by Gasteiger charge is -2.07. The quantitative estimate of drug-likeness (QED) is 0.761. The molecule has 1 aromatic heterocycles. The number of aromatic nitrogens is 1. The van der Waals surface area contributed by atoms with Gasteiger partial charge in [-0.1, -0.05) is 0 Å². The summed E-state index contributed by atoms with van der Waals surface area (Å²) in [5.41, 5.74) is 0. The number of thiazole rings is 1. The third-order valence-corrected chi connectivity index (χ3v) is 2.69. The molecule has 0 unspecified atom stereocenters. The molecule has 0 spiro atoms. The largest absolute Gasteiger partial charge is 0.370 e. The van der Waals surface area contributed by atoms with Crippen molar-refractivity contribution in [3.05, 3.63) is 16.6 Å². The summed E-state index contributed by atoms with van der Waals surface area (Å²) in [7, 11) is 0. The highest BCUT2D eigenvalue weighted by atomic mass is 32.1. The summed E-state index contributed by atoms with van der Waals surface area (Å²) in [4.78, 5) is 4.15. The van der Waals surface area contributed by atoms with Gasteiger partial charge in [-0.15, -0.1) is 11.3 Å². The zero-order chi connectivity index (χ0) is 8.23. The van der Waals surface area contributed by atoms with E-state index in [0.29, 0.717) is 12.7 Å². The second-order valence-electron chi connectivity index (χ2n) is 2.85. The summed E-state index contributed by atoms with van der Waals surface area (Å²) < 4.78 is 5.63. The minimum atomic E-state index is 0.397. The zero-order valence-electron chi connectivity index (χ0n) is 6.82. The normalized spacial score (nSPS) is 23.2. The van der Waals surface area contributed by atoms with Gasteiger partial charge in [0.25, 0.3) is 0 Å². The molecule has 1 N–H and O–H groups in total. The van der Waals surface area contributed by atoms with E-state index in [-0.39, 0.29) is 0 Å². The molecule has 1 aliphatic rings. The van der Waals surface area contributed by atoms with E-state index in [9.17, 15) is 0 Å². The maximum atomic E-state index is 5.63. The highest BCUT2D eigenvalue weighted by Gasteiger charge is 2.14. The van der Waals surface area contributed by atoms with Crippen LogP contribution in [0.2, 0.25) is 0 Å². The molecular weight excluding hydrogens is 172 g/mol. The predicted octanol–water partition coefficient (Wildman–Crippen LogP) is 1.02. The van der Waals surface area contributed by atoms with Crippen LogP contribution in [0.1, 0.15) is 11.4 Å². The number of hydrogen-bond acceptors (Lipinski definition) is 4. The predicted molar refractivity (Wildman–Crippen MR) is 48.2 cm³/mol. The first-order valence-electron chi connectivity index (χ1n) is 4.16. The van der Waals surface area contributed by atoms with Crippen molar-refractivity contribution in [3.63, 3.8) is 0 Å². The lowest BCUT2D eigenvalue weighted by atomic mass is 10.3. The van der Waals surface area contributed by atoms with Gasteiger partial charge >= 0.3 is 0 Å². The van der Waals surface area contributed by atoms with Gasteiger partial charge in [0.2, 0.25) is 0 Å². The third kappa shape index (κ3) is 2.03. The topological polar surface area (TPSA) is 34.1 Å². The lowest BCUT2D eigenvalue weighted by Crippen LogP contribution is -2.16. The van der Waals surface area contributed by atoms with Gasteiger partial charge < -0.3 is 10.1 Å². The second kappa shape index (κ2) is 3.98. The van der Waals surface area contributed by atoms with Gasteiger partial charge in [-0.2, -0.15) is 0 Å². The summed E-state index contributed by atoms with van der Waals surface area (Å²) in [5.74, 6) is 0. The molecule has 1 aliphatic heterocycles. The minimum absolute atomic E-state index is 0.397. The van der Waals surface area contributed by atoms with E-state index >= 15 is 0 Å². The molecule has 4 heteroatoms. The molecule has 1 aromatic rings. The monoisotopic (exact) mass is 184 g/mol. The van der Waals surface area contributed by atoms with E-state index < -0.39 is 0 Å². The Balaban J connectivity index is 1.74. The molecule has 12 heavy (non-hydrogen) atoms. The molecule has 0 saturated carbocycles. The van der Waals surface area contributed by atoms with Crippen LogP contribution >= 0.6 is 11.3 Å². The van der Waals surface area contributed by atoms with Gasteiger partial charge in [-0.25, -0.2) is 4.98 Å². The number of ether oxygens (including phenoxy) is 1. The van der Waals surface area contributed by atoms with Crippen LogP contribution in [-0.4, -0.2) is 24.2 Å². The molecule has 0 amide bonds. The van der Waals surface area contributed by atoms with Gasteiger partial charge in [0.05, 0.1) is 12.7 Å². The molecule has 1 atom stereocenters. The van der Waals surface area contributed by atoms with E-state index in [2.05, 4.69) is 10.3 Å². The van der Waals surface area contributed by atoms with Crippen molar-refractivity contribution in [1.29, 1.82) is 0 Å². The standard InChI is InChI=1S/C8H12N2OS/c1-2-9-5-7(1)11-6-8-10-3-4-12-8/h3-4,7,9H,1-2,5-6H2/t7-/m0/s1. The second-order valence-corrected chi connectivity index (χ2v) is 3.83. The summed E-state index contributed by atoms with van der Waals surface area (Å²) in [5, 5.41) is 6.31. The molecule has 1 saturated heterocycles. The molecule has 66 valence electrons. The zero-order valence-corrected chi connectivity index (χ0v) is 7.64. The van der Waals surface area contributed by atoms with Gasteiger partial charge in [0.1, 0.15) is 5.01 Å². The average molecular weight is 184 g/mol. The van der Waals surface area contributed by atoms with E-state index in [1.54, 1.807) is 11.3 Å². The Morgan fingerprint density at radius 3 is 3.42 bits per heavy atom. The highest BCUT2D eigenvalue weighted by molar-refractivity contribution is 7.09. The van der Waals surface area contributed by atoms with Crippen molar-refractivity contribution in [3.8, 4) is 0 Å². The van der Waals surface area contributed by atoms with Crippen LogP contribution < -0.4 is 5.32 Å². The fraction of sp³-hybridized carbons (Fsp3) is 0.625. The Bertz CT molecular complexity index is 219. The first-order valence-corrected chi connectivity index (χ1v) is 5.04. The van der Waals surface area contributed by atoms with Crippen molar-refractivity contribution >= 4 is 11.3 Å². The third-order valence-electron chi connectivity index (χ3n) is 1.94. The maximum absolute atomic E-state index is 5.63. The van der Waals surface area contributed by atoms with Crippen LogP contribution in [-0.2, 0) is 11.3 Å². The molecule has 0 aliphatic carbocycles. The Morgan fingerprint density at radius 1 is 1.75 bits per heavy atom. The molecule has 2 rings (SSSR count). The fourth-order valence-electron chi connectivity index (χ4n) is 1.28. The van der Waals surface area contributed by atoms with Crippen LogP contribution in [0.5, 0.6) is 0 Å². The molecule has 0 bridgehead atoms. The van der Waals surface area contributed by atoms with Crippen molar-refractivity contribution in [2.45, 2.75) is 19.1 Å². The Labute approximate surface area is 75.8 Å². The number of rotatable bonds is 3. The molecule has 1 fully saturated rings. The van der Waals surface area contributed by atoms with Crippen LogP contribution in [0, 0.1) is 0 Å². The molecule has 0 aromatic carbocycles. The Hall–Kier alpha value is -0.450. The molecule has 3 nitrogen and oxygen atoms in total. The summed E-state index contributed by atoms with van der Waals surface area (Å²) >= 11 is 1.65. The summed E-state index contributed by atoms with van der Waals surface area (Å²) in [6.45, 7) is 2.75. The van der Waals surface area contributed by atoms with Crippen LogP contribution in [0.25, 0.3) is 0 Å². The fourth-order valence-corrected chi connectivity index (χ4v) is 1.82. The van der Waals surface area contributed by atoms with Crippen molar-refractivity contribution < 1.29 is 4.74 Å². The van der Waals surface area contributed by atoms with E-state index in [0.717, 1.165) is 24.5 Å². The first kappa shape index (κ1) is 8.16. The van der Waals surface area contributed by atoms with Crippen molar-refractivity contribution in [1.82, 2.24) is 10.3 Å². The van der Waals surface area contributed by atoms with E-state index in [1.165, 1.54) is 0 Å². The molecule has 2 heterocycles. The molecular formula is C8H12N2OS. The maximum Gasteiger partial charge on any atom is 0.118 e. The number of nitrogens with zero attached hydrogens (tertiary/aromatic N) is 1. The van der Waals surface area contributed by atoms with Crippen LogP contribution in [0.15, 0.2) is 11.6 Å². The SMILES string of the molecule is c1csc(CO[C@H]2CCNC2)n1. The number of hydrogen-bond donors (Lipinski definition) is 1. The van der Waals surface area contributed by atoms with Gasteiger partial charge in [-0.3, -0.25) is 0 Å². The highest BCUT2D eigenvalue weighted by Crippen LogP contribution is 2.10. The molecule has 0 radical (unpaired) electrons. The van der Waals surface area contributed by atoms with Gasteiger partial charge in [0, 0.05) is 18.1 Å². The van der Waals surface area contributed by atoms with Crippen LogP contribution in [0.4, 0.5) is 0 Å². The summed E-state index contributed by atoms with van der Waals surface area (Å²) in [6, 6.07) is 0. The van der Waals surface area contributed by atoms with E-state index in [4.69, 9.17) is 4.74 Å². The van der Waals surface area contributed by atoms with Gasteiger partial charge in [-0.05, 0) is 13.0 Å². The van der Waals surface area contributed by atoms with Crippen molar-refractivity contribution in [2.75, 3.05) is 13.1 Å². The van der Waals surface area contributed by atoms with E-state index in [1.807, 2.05) is 11.6 Å². The average Bonchev–Trinajstić information content (AvgIpc) is 2.74. The summed E-state index contributed by atoms with van der Waals surface area (Å²) in [6.07, 6.45) is 3.34. The Morgan fingerprint density at radius 2 is 2.75 bits per heavy atom. The number of nitrogens with one attached hydrogen (secondary N) is 1. The van der Waals surface area contributed by atoms with Crippen LogP contribution in [0.3, 0.4) is 0 Å². The Kier molecular flexibility index (Phi) is 2.71. The van der Waals surface area contributed by atoms with Gasteiger partial charge in [0.15, 0.2) is 0 Å². The lowest BCUT2D eigenvalue weighted by molar-refractivity contribution is 0.0541.